The van der Waals surface area contributed by atoms with Crippen molar-refractivity contribution in [2.24, 2.45) is 0 Å². The number of hydrogen-bond acceptors (Lipinski definition) is 3. The number of benzene rings is 1. The third kappa shape index (κ3) is 3.76. The molecule has 0 aromatic heterocycles. The molecule has 4 heteroatoms. The van der Waals surface area contributed by atoms with Gasteiger partial charge in [0.25, 0.3) is 0 Å². The first-order chi connectivity index (χ1) is 7.67. The van der Waals surface area contributed by atoms with Crippen LogP contribution in [0.3, 0.4) is 0 Å². The summed E-state index contributed by atoms with van der Waals surface area (Å²) in [6.07, 6.45) is 0. The maximum Gasteiger partial charge on any atom is 0.0991 e. The van der Waals surface area contributed by atoms with Crippen LogP contribution in [0.2, 0.25) is 0 Å². The molecule has 3 nitrogen and oxygen atoms in total. The summed E-state index contributed by atoms with van der Waals surface area (Å²) in [6, 6.07) is 7.54. The fourth-order valence-corrected chi connectivity index (χ4v) is 2.52. The van der Waals surface area contributed by atoms with Gasteiger partial charge in [-0.25, -0.2) is 0 Å². The largest absolute Gasteiger partial charge is 0.384 e. The molecule has 0 amide bonds. The Hall–Kier alpha value is -1.18. The minimum atomic E-state index is -0.898. The maximum absolute atomic E-state index is 11.6. The highest BCUT2D eigenvalue weighted by atomic mass is 32.2. The Morgan fingerprint density at radius 1 is 1.50 bits per heavy atom. The van der Waals surface area contributed by atoms with Gasteiger partial charge in [0.05, 0.1) is 18.2 Å². The molecule has 0 aliphatic rings. The summed E-state index contributed by atoms with van der Waals surface area (Å²) in [5, 5.41) is 8.72. The van der Waals surface area contributed by atoms with E-state index in [2.05, 4.69) is 6.07 Å². The molecule has 0 heterocycles. The fraction of sp³-hybridized carbons (Fsp3) is 0.417. The molecule has 0 radical (unpaired) electrons. The van der Waals surface area contributed by atoms with E-state index in [1.165, 1.54) is 0 Å². The van der Waals surface area contributed by atoms with Crippen molar-refractivity contribution < 1.29 is 8.95 Å². The number of rotatable bonds is 5. The number of aryl methyl sites for hydroxylation is 1. The number of nitrogens with zero attached hydrogens (tertiary/aromatic N) is 1. The molecular weight excluding hydrogens is 222 g/mol. The molecule has 1 aromatic rings. The Kier molecular flexibility index (Phi) is 5.17. The first-order valence-electron chi connectivity index (χ1n) is 5.01. The lowest BCUT2D eigenvalue weighted by atomic mass is 10.1. The summed E-state index contributed by atoms with van der Waals surface area (Å²) in [7, 11) is 0.704. The molecule has 1 aromatic carbocycles. The second-order valence-electron chi connectivity index (χ2n) is 3.53. The summed E-state index contributed by atoms with van der Waals surface area (Å²) in [4.78, 5) is 0. The number of ether oxygens (including phenoxy) is 1. The van der Waals surface area contributed by atoms with E-state index >= 15 is 0 Å². The monoisotopic (exact) mass is 237 g/mol. The van der Waals surface area contributed by atoms with Crippen LogP contribution in [-0.2, 0) is 21.3 Å². The van der Waals surface area contributed by atoms with Crippen molar-refractivity contribution >= 4 is 10.8 Å². The van der Waals surface area contributed by atoms with Crippen LogP contribution in [0.25, 0.3) is 0 Å². The van der Waals surface area contributed by atoms with E-state index in [0.717, 1.165) is 11.1 Å². The molecule has 0 N–H and O–H groups in total. The van der Waals surface area contributed by atoms with Crippen molar-refractivity contribution in [2.45, 2.75) is 12.7 Å². The second-order valence-corrected chi connectivity index (χ2v) is 5.11. The van der Waals surface area contributed by atoms with Gasteiger partial charge in [0.2, 0.25) is 0 Å². The van der Waals surface area contributed by atoms with E-state index in [4.69, 9.17) is 10.00 Å². The smallest absolute Gasteiger partial charge is 0.0991 e. The van der Waals surface area contributed by atoms with Gasteiger partial charge in [0, 0.05) is 29.4 Å². The van der Waals surface area contributed by atoms with Crippen LogP contribution in [0, 0.1) is 18.3 Å². The van der Waals surface area contributed by atoms with Crippen molar-refractivity contribution in [2.75, 3.05) is 19.5 Å². The van der Waals surface area contributed by atoms with E-state index in [1.807, 2.05) is 19.1 Å². The third-order valence-electron chi connectivity index (χ3n) is 2.30. The molecule has 16 heavy (non-hydrogen) atoms. The Bertz CT molecular complexity index is 424. The molecule has 0 saturated carbocycles. The molecule has 0 spiro atoms. The van der Waals surface area contributed by atoms with Gasteiger partial charge in [-0.15, -0.1) is 0 Å². The highest BCUT2D eigenvalue weighted by molar-refractivity contribution is 7.84. The average Bonchev–Trinajstić information content (AvgIpc) is 2.29. The van der Waals surface area contributed by atoms with Crippen molar-refractivity contribution in [3.05, 3.63) is 34.9 Å². The average molecular weight is 237 g/mol. The van der Waals surface area contributed by atoms with Gasteiger partial charge in [-0.05, 0) is 30.2 Å². The van der Waals surface area contributed by atoms with E-state index in [-0.39, 0.29) is 0 Å². The quantitative estimate of drug-likeness (QED) is 0.784. The van der Waals surface area contributed by atoms with Gasteiger partial charge in [0.15, 0.2) is 0 Å². The first kappa shape index (κ1) is 12.9. The van der Waals surface area contributed by atoms with Crippen molar-refractivity contribution in [3.8, 4) is 6.07 Å². The predicted molar refractivity (Wildman–Crippen MR) is 64.5 cm³/mol. The lowest BCUT2D eigenvalue weighted by Gasteiger charge is -2.06. The topological polar surface area (TPSA) is 50.1 Å². The lowest BCUT2D eigenvalue weighted by molar-refractivity contribution is 0.218. The normalized spacial score (nSPS) is 12.1. The molecule has 0 aliphatic carbocycles. The van der Waals surface area contributed by atoms with Crippen molar-refractivity contribution in [1.29, 1.82) is 5.26 Å². The lowest BCUT2D eigenvalue weighted by Crippen LogP contribution is -2.07. The van der Waals surface area contributed by atoms with Crippen LogP contribution >= 0.6 is 0 Å². The molecular formula is C12H15NO2S. The van der Waals surface area contributed by atoms with E-state index in [0.29, 0.717) is 23.7 Å². The molecule has 0 saturated heterocycles. The van der Waals surface area contributed by atoms with E-state index in [9.17, 15) is 4.21 Å². The van der Waals surface area contributed by atoms with Crippen molar-refractivity contribution in [1.82, 2.24) is 0 Å². The van der Waals surface area contributed by atoms with Gasteiger partial charge in [-0.3, -0.25) is 4.21 Å². The number of hydrogen-bond donors (Lipinski definition) is 0. The Labute approximate surface area is 98.5 Å². The second kappa shape index (κ2) is 6.41. The highest BCUT2D eigenvalue weighted by Crippen LogP contribution is 2.12. The predicted octanol–water partition coefficient (Wildman–Crippen LogP) is 1.76. The molecule has 0 aliphatic heterocycles. The minimum absolute atomic E-state index is 0.516. The zero-order valence-electron chi connectivity index (χ0n) is 9.53. The van der Waals surface area contributed by atoms with Crippen LogP contribution in [-0.4, -0.2) is 23.7 Å². The van der Waals surface area contributed by atoms with Gasteiger partial charge in [-0.2, -0.15) is 5.26 Å². The zero-order valence-corrected chi connectivity index (χ0v) is 10.3. The van der Waals surface area contributed by atoms with Gasteiger partial charge in [0.1, 0.15) is 0 Å². The SMILES string of the molecule is COCCS(=O)Cc1ccc(C#N)cc1C. The Balaban J connectivity index is 2.68. The fourth-order valence-electron chi connectivity index (χ4n) is 1.35. The summed E-state index contributed by atoms with van der Waals surface area (Å²) in [6.45, 7) is 2.45. The van der Waals surface area contributed by atoms with Gasteiger partial charge >= 0.3 is 0 Å². The van der Waals surface area contributed by atoms with Crippen LogP contribution in [0.15, 0.2) is 18.2 Å². The number of nitriles is 1. The van der Waals surface area contributed by atoms with E-state index < -0.39 is 10.8 Å². The summed E-state index contributed by atoms with van der Waals surface area (Å²) in [5.74, 6) is 1.08. The van der Waals surface area contributed by atoms with Crippen LogP contribution in [0.4, 0.5) is 0 Å². The first-order valence-corrected chi connectivity index (χ1v) is 6.49. The van der Waals surface area contributed by atoms with Gasteiger partial charge in [-0.1, -0.05) is 6.07 Å². The molecule has 1 rings (SSSR count). The van der Waals surface area contributed by atoms with E-state index in [1.54, 1.807) is 13.2 Å². The van der Waals surface area contributed by atoms with Crippen molar-refractivity contribution in [3.63, 3.8) is 0 Å². The molecule has 0 bridgehead atoms. The highest BCUT2D eigenvalue weighted by Gasteiger charge is 2.05. The Morgan fingerprint density at radius 3 is 2.81 bits per heavy atom. The Morgan fingerprint density at radius 2 is 2.25 bits per heavy atom. The molecule has 0 fully saturated rings. The van der Waals surface area contributed by atoms with Crippen LogP contribution < -0.4 is 0 Å². The maximum atomic E-state index is 11.6. The molecule has 1 atom stereocenters. The molecule has 1 unspecified atom stereocenters. The minimum Gasteiger partial charge on any atom is -0.384 e. The van der Waals surface area contributed by atoms with Crippen LogP contribution in [0.1, 0.15) is 16.7 Å². The molecule has 86 valence electrons. The van der Waals surface area contributed by atoms with Crippen LogP contribution in [0.5, 0.6) is 0 Å². The zero-order chi connectivity index (χ0) is 12.0. The third-order valence-corrected chi connectivity index (χ3v) is 3.56. The summed E-state index contributed by atoms with van der Waals surface area (Å²) < 4.78 is 16.5. The standard InChI is InChI=1S/C12H15NO2S/c1-10-7-11(8-13)3-4-12(10)9-16(14)6-5-15-2/h3-4,7H,5-6,9H2,1-2H3. The summed E-state index contributed by atoms with van der Waals surface area (Å²) >= 11 is 0. The van der Waals surface area contributed by atoms with Gasteiger partial charge < -0.3 is 4.74 Å². The number of methoxy groups -OCH3 is 1. The summed E-state index contributed by atoms with van der Waals surface area (Å²) in [5.41, 5.74) is 2.70.